The van der Waals surface area contributed by atoms with Crippen molar-refractivity contribution in [1.29, 1.82) is 0 Å². The highest BCUT2D eigenvalue weighted by Gasteiger charge is 2.13. The Labute approximate surface area is 129 Å². The van der Waals surface area contributed by atoms with Gasteiger partial charge in [-0.3, -0.25) is 4.40 Å². The Morgan fingerprint density at radius 1 is 1.38 bits per heavy atom. The number of imidazole rings is 1. The number of fused-ring (bicyclic) bond motifs is 1. The van der Waals surface area contributed by atoms with Crippen molar-refractivity contribution in [3.05, 3.63) is 40.6 Å². The summed E-state index contributed by atoms with van der Waals surface area (Å²) in [7, 11) is 1.58. The van der Waals surface area contributed by atoms with Gasteiger partial charge in [-0.1, -0.05) is 0 Å². The van der Waals surface area contributed by atoms with Crippen LogP contribution < -0.4 is 10.5 Å². The maximum Gasteiger partial charge on any atom is 0.236 e. The van der Waals surface area contributed by atoms with Crippen LogP contribution in [0.4, 0.5) is 5.82 Å². The van der Waals surface area contributed by atoms with Crippen LogP contribution in [0.25, 0.3) is 17.0 Å². The molecule has 21 heavy (non-hydrogen) atoms. The predicted molar refractivity (Wildman–Crippen MR) is 83.0 cm³/mol. The lowest BCUT2D eigenvalue weighted by Crippen LogP contribution is -1.94. The summed E-state index contributed by atoms with van der Waals surface area (Å²) >= 11 is 3.45. The largest absolute Gasteiger partial charge is 0.496 e. The SMILES string of the molecule is COc1cc(CO)c(-c2cn3ccc(N)nc3n2)cc1Br. The summed E-state index contributed by atoms with van der Waals surface area (Å²) in [6.07, 6.45) is 3.64. The molecule has 0 saturated carbocycles. The van der Waals surface area contributed by atoms with Crippen LogP contribution >= 0.6 is 15.9 Å². The number of benzene rings is 1. The van der Waals surface area contributed by atoms with E-state index in [2.05, 4.69) is 25.9 Å². The third kappa shape index (κ3) is 2.45. The zero-order valence-corrected chi connectivity index (χ0v) is 12.8. The standard InChI is InChI=1S/C14H13BrN4O2/c1-21-12-4-8(7-20)9(5-10(12)15)11-6-19-3-2-13(16)18-14(19)17-11/h2-6,20H,7H2,1H3,(H2,16,17,18). The zero-order chi connectivity index (χ0) is 15.0. The van der Waals surface area contributed by atoms with Crippen molar-refractivity contribution in [2.75, 3.05) is 12.8 Å². The number of halogens is 1. The second kappa shape index (κ2) is 5.34. The van der Waals surface area contributed by atoms with E-state index in [9.17, 15) is 5.11 Å². The van der Waals surface area contributed by atoms with E-state index >= 15 is 0 Å². The van der Waals surface area contributed by atoms with Crippen LogP contribution in [0.1, 0.15) is 5.56 Å². The van der Waals surface area contributed by atoms with Gasteiger partial charge < -0.3 is 15.6 Å². The molecule has 0 aliphatic heterocycles. The molecular weight excluding hydrogens is 336 g/mol. The van der Waals surface area contributed by atoms with E-state index in [1.54, 1.807) is 29.8 Å². The number of methoxy groups -OCH3 is 1. The summed E-state index contributed by atoms with van der Waals surface area (Å²) in [6.45, 7) is -0.109. The quantitative estimate of drug-likeness (QED) is 0.758. The van der Waals surface area contributed by atoms with Gasteiger partial charge in [-0.05, 0) is 39.7 Å². The van der Waals surface area contributed by atoms with Gasteiger partial charge in [0.1, 0.15) is 11.6 Å². The Morgan fingerprint density at radius 2 is 2.19 bits per heavy atom. The number of aliphatic hydroxyl groups excluding tert-OH is 1. The molecule has 3 N–H and O–H groups in total. The fourth-order valence-corrected chi connectivity index (χ4v) is 2.64. The number of nitrogens with two attached hydrogens (primary N) is 1. The van der Waals surface area contributed by atoms with Crippen LogP contribution in [0, 0.1) is 0 Å². The van der Waals surface area contributed by atoms with E-state index in [1.165, 1.54) is 0 Å². The zero-order valence-electron chi connectivity index (χ0n) is 11.2. The number of ether oxygens (including phenoxy) is 1. The average molecular weight is 349 g/mol. The summed E-state index contributed by atoms with van der Waals surface area (Å²) in [5, 5.41) is 9.57. The van der Waals surface area contributed by atoms with E-state index in [0.29, 0.717) is 23.0 Å². The highest BCUT2D eigenvalue weighted by molar-refractivity contribution is 9.10. The van der Waals surface area contributed by atoms with Crippen molar-refractivity contribution in [2.24, 2.45) is 0 Å². The Balaban J connectivity index is 2.19. The molecule has 2 heterocycles. The summed E-state index contributed by atoms with van der Waals surface area (Å²) in [6, 6.07) is 5.36. The van der Waals surface area contributed by atoms with Gasteiger partial charge in [0.2, 0.25) is 5.78 Å². The molecule has 0 spiro atoms. The monoisotopic (exact) mass is 348 g/mol. The minimum absolute atomic E-state index is 0.109. The fraction of sp³-hybridized carbons (Fsp3) is 0.143. The predicted octanol–water partition coefficient (Wildman–Crippen LogP) is 2.24. The Kier molecular flexibility index (Phi) is 3.52. The number of hydrogen-bond acceptors (Lipinski definition) is 5. The van der Waals surface area contributed by atoms with Gasteiger partial charge in [0, 0.05) is 18.0 Å². The lowest BCUT2D eigenvalue weighted by Gasteiger charge is -2.09. The van der Waals surface area contributed by atoms with E-state index in [4.69, 9.17) is 10.5 Å². The molecule has 0 aliphatic rings. The number of aliphatic hydroxyl groups is 1. The smallest absolute Gasteiger partial charge is 0.236 e. The number of nitrogen functional groups attached to an aromatic ring is 1. The first-order valence-electron chi connectivity index (χ1n) is 6.21. The lowest BCUT2D eigenvalue weighted by atomic mass is 10.1. The molecule has 6 nitrogen and oxygen atoms in total. The normalized spacial score (nSPS) is 11.0. The van der Waals surface area contributed by atoms with Gasteiger partial charge in [-0.15, -0.1) is 0 Å². The third-order valence-electron chi connectivity index (χ3n) is 3.17. The second-order valence-electron chi connectivity index (χ2n) is 4.49. The first kappa shape index (κ1) is 13.8. The van der Waals surface area contributed by atoms with Gasteiger partial charge in [-0.25, -0.2) is 4.98 Å². The van der Waals surface area contributed by atoms with Gasteiger partial charge in [0.05, 0.1) is 23.9 Å². The molecule has 0 fully saturated rings. The van der Waals surface area contributed by atoms with Gasteiger partial charge in [0.15, 0.2) is 0 Å². The molecule has 1 aromatic carbocycles. The molecule has 0 aliphatic carbocycles. The topological polar surface area (TPSA) is 85.7 Å². The third-order valence-corrected chi connectivity index (χ3v) is 3.79. The minimum Gasteiger partial charge on any atom is -0.496 e. The molecule has 2 aromatic heterocycles. The average Bonchev–Trinajstić information content (AvgIpc) is 2.89. The van der Waals surface area contributed by atoms with E-state index in [1.807, 2.05) is 12.3 Å². The fourth-order valence-electron chi connectivity index (χ4n) is 2.14. The highest BCUT2D eigenvalue weighted by Crippen LogP contribution is 2.33. The van der Waals surface area contributed by atoms with Crippen molar-refractivity contribution < 1.29 is 9.84 Å². The molecule has 0 radical (unpaired) electrons. The first-order valence-corrected chi connectivity index (χ1v) is 7.00. The van der Waals surface area contributed by atoms with Crippen LogP contribution in [0.3, 0.4) is 0 Å². The van der Waals surface area contributed by atoms with Crippen LogP contribution in [-0.4, -0.2) is 26.6 Å². The maximum atomic E-state index is 9.57. The van der Waals surface area contributed by atoms with Crippen LogP contribution in [0.5, 0.6) is 5.75 Å². The molecule has 0 bridgehead atoms. The number of aromatic nitrogens is 3. The summed E-state index contributed by atoms with van der Waals surface area (Å²) in [5.41, 5.74) is 7.91. The number of hydrogen-bond donors (Lipinski definition) is 2. The second-order valence-corrected chi connectivity index (χ2v) is 5.34. The van der Waals surface area contributed by atoms with Crippen molar-refractivity contribution in [3.8, 4) is 17.0 Å². The number of anilines is 1. The lowest BCUT2D eigenvalue weighted by molar-refractivity contribution is 0.281. The van der Waals surface area contributed by atoms with Gasteiger partial charge in [-0.2, -0.15) is 4.98 Å². The number of rotatable bonds is 3. The van der Waals surface area contributed by atoms with E-state index < -0.39 is 0 Å². The molecule has 0 amide bonds. The maximum absolute atomic E-state index is 9.57. The van der Waals surface area contributed by atoms with E-state index in [-0.39, 0.29) is 6.61 Å². The molecule has 3 rings (SSSR count). The van der Waals surface area contributed by atoms with Gasteiger partial charge in [0.25, 0.3) is 0 Å². The summed E-state index contributed by atoms with van der Waals surface area (Å²) < 4.78 is 7.82. The molecule has 0 unspecified atom stereocenters. The molecular formula is C14H13BrN4O2. The molecule has 3 aromatic rings. The van der Waals surface area contributed by atoms with Crippen LogP contribution in [0.2, 0.25) is 0 Å². The molecule has 108 valence electrons. The van der Waals surface area contributed by atoms with Crippen molar-refractivity contribution in [2.45, 2.75) is 6.61 Å². The highest BCUT2D eigenvalue weighted by atomic mass is 79.9. The van der Waals surface area contributed by atoms with Crippen LogP contribution in [0.15, 0.2) is 35.1 Å². The van der Waals surface area contributed by atoms with Crippen LogP contribution in [-0.2, 0) is 6.61 Å². The number of nitrogens with zero attached hydrogens (tertiary/aromatic N) is 3. The molecule has 0 atom stereocenters. The Bertz CT molecular complexity index is 816. The van der Waals surface area contributed by atoms with Gasteiger partial charge >= 0.3 is 0 Å². The first-order chi connectivity index (χ1) is 10.1. The summed E-state index contributed by atoms with van der Waals surface area (Å²) in [5.74, 6) is 1.59. The Morgan fingerprint density at radius 3 is 2.90 bits per heavy atom. The van der Waals surface area contributed by atoms with E-state index in [0.717, 1.165) is 15.6 Å². The molecule has 7 heteroatoms. The van der Waals surface area contributed by atoms with Crippen molar-refractivity contribution in [3.63, 3.8) is 0 Å². The van der Waals surface area contributed by atoms with Crippen molar-refractivity contribution in [1.82, 2.24) is 14.4 Å². The molecule has 0 saturated heterocycles. The van der Waals surface area contributed by atoms with Crippen molar-refractivity contribution >= 4 is 27.5 Å². The Hall–Kier alpha value is -2.12. The summed E-state index contributed by atoms with van der Waals surface area (Å²) in [4.78, 5) is 8.61. The minimum atomic E-state index is -0.109.